The number of amides is 1. The number of allylic oxidation sites excluding steroid dienone is 4. The molecule has 0 spiro atoms. The molecule has 0 aromatic heterocycles. The Hall–Kier alpha value is -3.62. The van der Waals surface area contributed by atoms with Gasteiger partial charge < -0.3 is 25.2 Å². The van der Waals surface area contributed by atoms with Crippen LogP contribution in [0, 0.1) is 6.92 Å². The van der Waals surface area contributed by atoms with Crippen molar-refractivity contribution < 1.29 is 34.1 Å². The van der Waals surface area contributed by atoms with Crippen LogP contribution in [0.2, 0.25) is 0 Å². The van der Waals surface area contributed by atoms with Crippen LogP contribution in [0.15, 0.2) is 23.1 Å². The average Bonchev–Trinajstić information content (AvgIpc) is 3.39. The predicted octanol–water partition coefficient (Wildman–Crippen LogP) is 2.17. The van der Waals surface area contributed by atoms with Gasteiger partial charge in [0.1, 0.15) is 34.0 Å². The van der Waals surface area contributed by atoms with Gasteiger partial charge >= 0.3 is 0 Å². The molecule has 1 amide bonds. The number of nitrogens with one attached hydrogen (secondary N) is 1. The summed E-state index contributed by atoms with van der Waals surface area (Å²) in [6, 6.07) is 0. The van der Waals surface area contributed by atoms with Crippen molar-refractivity contribution in [2.24, 2.45) is 0 Å². The summed E-state index contributed by atoms with van der Waals surface area (Å²) >= 11 is 0. The number of hydrogen-bond acceptors (Lipinski definition) is 8. The Balaban J connectivity index is 1.69. The molecule has 0 radical (unpaired) electrons. The van der Waals surface area contributed by atoms with E-state index in [0.29, 0.717) is 5.70 Å². The zero-order valence-electron chi connectivity index (χ0n) is 19.7. The number of likely N-dealkylation sites (tertiary alicyclic amines) is 1. The van der Waals surface area contributed by atoms with Crippen molar-refractivity contribution in [1.29, 1.82) is 0 Å². The van der Waals surface area contributed by atoms with Gasteiger partial charge in [-0.3, -0.25) is 19.2 Å². The fourth-order valence-corrected chi connectivity index (χ4v) is 4.93. The molecule has 2 aliphatic heterocycles. The Labute approximate surface area is 197 Å². The van der Waals surface area contributed by atoms with Crippen molar-refractivity contribution in [1.82, 2.24) is 10.2 Å². The van der Waals surface area contributed by atoms with E-state index in [2.05, 4.69) is 5.32 Å². The molecule has 9 heteroatoms. The van der Waals surface area contributed by atoms with E-state index in [1.165, 1.54) is 26.8 Å². The molecule has 0 saturated carbocycles. The number of nitrogens with zero attached hydrogens (tertiary/aromatic N) is 1. The minimum atomic E-state index is -1.56. The molecule has 1 saturated heterocycles. The molecule has 34 heavy (non-hydrogen) atoms. The predicted molar refractivity (Wildman–Crippen MR) is 122 cm³/mol. The van der Waals surface area contributed by atoms with Crippen molar-refractivity contribution >= 4 is 23.3 Å². The number of fused-ring (bicyclic) bond motifs is 3. The van der Waals surface area contributed by atoms with Crippen LogP contribution in [-0.4, -0.2) is 58.0 Å². The Morgan fingerprint density at radius 2 is 1.79 bits per heavy atom. The molecule has 3 N–H and O–H groups in total. The number of rotatable bonds is 5. The fraction of sp³-hybridized carbons (Fsp3) is 0.440. The molecule has 1 unspecified atom stereocenters. The number of carbonyl (C=O) groups is 4. The second-order valence-electron chi connectivity index (χ2n) is 9.15. The Bertz CT molecular complexity index is 1200. The van der Waals surface area contributed by atoms with Gasteiger partial charge in [0.2, 0.25) is 5.91 Å². The van der Waals surface area contributed by atoms with E-state index in [9.17, 15) is 29.4 Å². The third kappa shape index (κ3) is 3.38. The van der Waals surface area contributed by atoms with Crippen LogP contribution in [0.3, 0.4) is 0 Å². The summed E-state index contributed by atoms with van der Waals surface area (Å²) < 4.78 is 5.75. The quantitative estimate of drug-likeness (QED) is 0.340. The minimum absolute atomic E-state index is 0.0129. The number of ketones is 3. The maximum Gasteiger partial charge on any atom is 0.224 e. The van der Waals surface area contributed by atoms with Crippen LogP contribution in [0.4, 0.5) is 0 Å². The third-order valence-electron chi connectivity index (χ3n) is 6.95. The van der Waals surface area contributed by atoms with E-state index in [4.69, 9.17) is 4.74 Å². The number of phenols is 2. The number of benzene rings is 1. The lowest BCUT2D eigenvalue weighted by molar-refractivity contribution is -0.130. The Morgan fingerprint density at radius 1 is 1.15 bits per heavy atom. The molecular formula is C25H28N2O7. The lowest BCUT2D eigenvalue weighted by Crippen LogP contribution is -2.41. The van der Waals surface area contributed by atoms with Gasteiger partial charge in [0.05, 0.1) is 11.1 Å². The van der Waals surface area contributed by atoms with E-state index < -0.39 is 28.5 Å². The standard InChI is InChI=1S/C25H28N2O7/c1-12-21(31)19(14(3)28)23-20(22(12)32)25(4)16(34-23)11-15(29)18(24(25)33)13(2)26-8-7-17(30)27-9-5-6-10-27/h11,26,31-32H,5-10H2,1-4H3. The van der Waals surface area contributed by atoms with Gasteiger partial charge in [-0.2, -0.15) is 0 Å². The number of aromatic hydroxyl groups is 2. The van der Waals surface area contributed by atoms with E-state index in [1.54, 1.807) is 11.8 Å². The number of carbonyl (C=O) groups excluding carboxylic acids is 4. The Morgan fingerprint density at radius 3 is 2.41 bits per heavy atom. The largest absolute Gasteiger partial charge is 0.507 e. The topological polar surface area (TPSA) is 133 Å². The second kappa shape index (κ2) is 8.30. The highest BCUT2D eigenvalue weighted by Crippen LogP contribution is 2.57. The molecule has 4 rings (SSSR count). The van der Waals surface area contributed by atoms with Gasteiger partial charge in [-0.05, 0) is 40.5 Å². The third-order valence-corrected chi connectivity index (χ3v) is 6.95. The van der Waals surface area contributed by atoms with E-state index in [1.807, 2.05) is 0 Å². The lowest BCUT2D eigenvalue weighted by Gasteiger charge is -2.29. The van der Waals surface area contributed by atoms with Crippen LogP contribution in [-0.2, 0) is 19.8 Å². The second-order valence-corrected chi connectivity index (χ2v) is 9.15. The summed E-state index contributed by atoms with van der Waals surface area (Å²) in [6.45, 7) is 7.55. The summed E-state index contributed by atoms with van der Waals surface area (Å²) in [5, 5.41) is 24.3. The van der Waals surface area contributed by atoms with Crippen LogP contribution in [0.5, 0.6) is 17.2 Å². The Kier molecular flexibility index (Phi) is 5.75. The molecule has 1 aliphatic carbocycles. The molecule has 1 atom stereocenters. The first-order valence-corrected chi connectivity index (χ1v) is 11.3. The maximum atomic E-state index is 13.7. The highest BCUT2D eigenvalue weighted by molar-refractivity contribution is 6.31. The lowest BCUT2D eigenvalue weighted by atomic mass is 9.70. The SMILES string of the molecule is CC(=O)c1c(O)c(C)c(O)c2c1OC1=CC(=O)C(=C(C)NCCC(=O)N3CCCC3)C(=O)C12C. The molecule has 3 aliphatic rings. The molecule has 1 aromatic carbocycles. The molecule has 2 heterocycles. The van der Waals surface area contributed by atoms with Gasteiger partial charge in [-0.15, -0.1) is 0 Å². The van der Waals surface area contributed by atoms with Crippen LogP contribution in [0.1, 0.15) is 61.5 Å². The normalized spacial score (nSPS) is 22.7. The molecule has 180 valence electrons. The molecule has 1 aromatic rings. The average molecular weight is 469 g/mol. The van der Waals surface area contributed by atoms with Crippen molar-refractivity contribution in [3.8, 4) is 17.2 Å². The number of Topliss-reactive ketones (excluding diaryl/α,β-unsaturated/α-hetero) is 2. The minimum Gasteiger partial charge on any atom is -0.507 e. The smallest absolute Gasteiger partial charge is 0.224 e. The van der Waals surface area contributed by atoms with Gasteiger partial charge in [0, 0.05) is 43.4 Å². The monoisotopic (exact) mass is 468 g/mol. The summed E-state index contributed by atoms with van der Waals surface area (Å²) in [5.41, 5.74) is -1.41. The molecule has 1 fully saturated rings. The molecular weight excluding hydrogens is 440 g/mol. The van der Waals surface area contributed by atoms with Gasteiger partial charge in [-0.1, -0.05) is 0 Å². The number of hydrogen-bond donors (Lipinski definition) is 3. The van der Waals surface area contributed by atoms with Crippen molar-refractivity contribution in [3.05, 3.63) is 39.8 Å². The van der Waals surface area contributed by atoms with Crippen LogP contribution >= 0.6 is 0 Å². The van der Waals surface area contributed by atoms with Crippen LogP contribution < -0.4 is 10.1 Å². The zero-order chi connectivity index (χ0) is 24.9. The van der Waals surface area contributed by atoms with Crippen molar-refractivity contribution in [3.63, 3.8) is 0 Å². The first-order valence-electron chi connectivity index (χ1n) is 11.3. The number of phenolic OH excluding ortho intramolecular Hbond substituents is 2. The first kappa shape index (κ1) is 23.5. The summed E-state index contributed by atoms with van der Waals surface area (Å²) in [5.74, 6) is -2.59. The van der Waals surface area contributed by atoms with Gasteiger partial charge in [0.15, 0.2) is 17.3 Å². The van der Waals surface area contributed by atoms with E-state index >= 15 is 0 Å². The summed E-state index contributed by atoms with van der Waals surface area (Å²) in [4.78, 5) is 52.9. The summed E-state index contributed by atoms with van der Waals surface area (Å²) in [7, 11) is 0. The maximum absolute atomic E-state index is 13.7. The fourth-order valence-electron chi connectivity index (χ4n) is 4.93. The van der Waals surface area contributed by atoms with Gasteiger partial charge in [0.25, 0.3) is 0 Å². The first-order chi connectivity index (χ1) is 16.0. The van der Waals surface area contributed by atoms with Crippen LogP contribution in [0.25, 0.3) is 0 Å². The number of ether oxygens (including phenoxy) is 1. The highest BCUT2D eigenvalue weighted by atomic mass is 16.5. The summed E-state index contributed by atoms with van der Waals surface area (Å²) in [6.07, 6.45) is 3.40. The molecule has 9 nitrogen and oxygen atoms in total. The van der Waals surface area contributed by atoms with Crippen molar-refractivity contribution in [2.45, 2.75) is 52.4 Å². The van der Waals surface area contributed by atoms with E-state index in [0.717, 1.165) is 25.9 Å². The zero-order valence-corrected chi connectivity index (χ0v) is 19.7. The van der Waals surface area contributed by atoms with E-state index in [-0.39, 0.29) is 58.4 Å². The van der Waals surface area contributed by atoms with Crippen molar-refractivity contribution in [2.75, 3.05) is 19.6 Å². The highest BCUT2D eigenvalue weighted by Gasteiger charge is 2.56. The molecule has 0 bridgehead atoms. The van der Waals surface area contributed by atoms with Gasteiger partial charge in [-0.25, -0.2) is 0 Å².